The second-order valence-corrected chi connectivity index (χ2v) is 5.11. The standard InChI is InChI=1S/C16H15NO7/c1-24-14-8-9(7-13(15(14)19)17(22)23)6-12(16(20)21)10-2-4-11(18)5-3-10/h2-5,7-8,12,18-19H,6H2,1H3,(H,20,21). The Morgan fingerprint density at radius 1 is 1.25 bits per heavy atom. The third kappa shape index (κ3) is 3.54. The SMILES string of the molecule is COc1cc(CC(C(=O)O)c2ccc(O)cc2)cc([N+](=O)[O-])c1O. The quantitative estimate of drug-likeness (QED) is 0.546. The molecule has 8 nitrogen and oxygen atoms in total. The molecule has 2 aromatic rings. The molecule has 0 aliphatic carbocycles. The first-order valence-corrected chi connectivity index (χ1v) is 6.89. The lowest BCUT2D eigenvalue weighted by atomic mass is 9.91. The summed E-state index contributed by atoms with van der Waals surface area (Å²) >= 11 is 0. The van der Waals surface area contributed by atoms with Crippen molar-refractivity contribution in [3.05, 3.63) is 57.6 Å². The molecular weight excluding hydrogens is 318 g/mol. The van der Waals surface area contributed by atoms with Gasteiger partial charge in [0.1, 0.15) is 5.75 Å². The van der Waals surface area contributed by atoms with E-state index in [1.54, 1.807) is 0 Å². The van der Waals surface area contributed by atoms with Gasteiger partial charge in [0.25, 0.3) is 0 Å². The number of rotatable bonds is 6. The van der Waals surface area contributed by atoms with Crippen LogP contribution in [0.3, 0.4) is 0 Å². The predicted octanol–water partition coefficient (Wildman–Crippen LogP) is 2.43. The summed E-state index contributed by atoms with van der Waals surface area (Å²) in [6.07, 6.45) is -0.0441. The minimum Gasteiger partial charge on any atom is -0.508 e. The zero-order chi connectivity index (χ0) is 17.9. The number of phenols is 2. The number of hydrogen-bond acceptors (Lipinski definition) is 6. The summed E-state index contributed by atoms with van der Waals surface area (Å²) in [5, 5.41) is 39.5. The van der Waals surface area contributed by atoms with Crippen LogP contribution < -0.4 is 4.74 Å². The van der Waals surface area contributed by atoms with E-state index in [9.17, 15) is 30.2 Å². The zero-order valence-electron chi connectivity index (χ0n) is 12.7. The molecule has 1 atom stereocenters. The highest BCUT2D eigenvalue weighted by atomic mass is 16.6. The third-order valence-electron chi connectivity index (χ3n) is 3.56. The average Bonchev–Trinajstić information content (AvgIpc) is 2.54. The lowest BCUT2D eigenvalue weighted by Gasteiger charge is -2.14. The molecule has 0 fully saturated rings. The van der Waals surface area contributed by atoms with Crippen molar-refractivity contribution in [2.45, 2.75) is 12.3 Å². The molecule has 0 saturated heterocycles. The third-order valence-corrected chi connectivity index (χ3v) is 3.56. The number of nitrogens with zero attached hydrogens (tertiary/aromatic N) is 1. The van der Waals surface area contributed by atoms with Crippen LogP contribution in [0.5, 0.6) is 17.2 Å². The number of hydrogen-bond donors (Lipinski definition) is 3. The average molecular weight is 333 g/mol. The van der Waals surface area contributed by atoms with Crippen LogP contribution in [0.1, 0.15) is 17.0 Å². The molecule has 0 heterocycles. The summed E-state index contributed by atoms with van der Waals surface area (Å²) in [6.45, 7) is 0. The van der Waals surface area contributed by atoms with Crippen LogP contribution in [-0.4, -0.2) is 33.3 Å². The zero-order valence-corrected chi connectivity index (χ0v) is 12.7. The van der Waals surface area contributed by atoms with Crippen molar-refractivity contribution in [1.82, 2.24) is 0 Å². The first kappa shape index (κ1) is 17.1. The van der Waals surface area contributed by atoms with Crippen molar-refractivity contribution < 1.29 is 29.8 Å². The summed E-state index contributed by atoms with van der Waals surface area (Å²) in [6, 6.07) is 8.16. The maximum absolute atomic E-state index is 11.6. The van der Waals surface area contributed by atoms with E-state index >= 15 is 0 Å². The largest absolute Gasteiger partial charge is 0.508 e. The molecule has 0 radical (unpaired) electrons. The van der Waals surface area contributed by atoms with Gasteiger partial charge in [-0.3, -0.25) is 14.9 Å². The van der Waals surface area contributed by atoms with Gasteiger partial charge in [-0.15, -0.1) is 0 Å². The lowest BCUT2D eigenvalue weighted by Crippen LogP contribution is -2.14. The minimum atomic E-state index is -1.12. The number of nitro groups is 1. The summed E-state index contributed by atoms with van der Waals surface area (Å²) < 4.78 is 4.91. The summed E-state index contributed by atoms with van der Waals surface area (Å²) in [5.74, 6) is -2.79. The van der Waals surface area contributed by atoms with E-state index in [0.29, 0.717) is 11.1 Å². The fourth-order valence-electron chi connectivity index (χ4n) is 2.35. The van der Waals surface area contributed by atoms with Crippen molar-refractivity contribution in [2.75, 3.05) is 7.11 Å². The van der Waals surface area contributed by atoms with Crippen LogP contribution in [0.15, 0.2) is 36.4 Å². The van der Waals surface area contributed by atoms with Gasteiger partial charge < -0.3 is 20.1 Å². The van der Waals surface area contributed by atoms with Gasteiger partial charge in [0.2, 0.25) is 5.75 Å². The normalized spacial score (nSPS) is 11.7. The molecule has 2 rings (SSSR count). The number of aromatic hydroxyl groups is 2. The minimum absolute atomic E-state index is 0.00447. The topological polar surface area (TPSA) is 130 Å². The van der Waals surface area contributed by atoms with Gasteiger partial charge in [-0.05, 0) is 35.7 Å². The van der Waals surface area contributed by atoms with Crippen molar-refractivity contribution in [3.8, 4) is 17.2 Å². The monoisotopic (exact) mass is 333 g/mol. The van der Waals surface area contributed by atoms with E-state index in [2.05, 4.69) is 0 Å². The van der Waals surface area contributed by atoms with Crippen LogP contribution in [0.25, 0.3) is 0 Å². The number of carboxylic acids is 1. The predicted molar refractivity (Wildman–Crippen MR) is 83.5 cm³/mol. The van der Waals surface area contributed by atoms with E-state index in [0.717, 1.165) is 6.07 Å². The Morgan fingerprint density at radius 3 is 2.38 bits per heavy atom. The second kappa shape index (κ2) is 6.86. The van der Waals surface area contributed by atoms with Crippen LogP contribution in [0, 0.1) is 10.1 Å². The number of ether oxygens (including phenoxy) is 1. The van der Waals surface area contributed by atoms with Crippen molar-refractivity contribution in [1.29, 1.82) is 0 Å². The first-order chi connectivity index (χ1) is 11.3. The van der Waals surface area contributed by atoms with E-state index in [1.165, 1.54) is 37.4 Å². The molecule has 126 valence electrons. The van der Waals surface area contributed by atoms with Crippen molar-refractivity contribution >= 4 is 11.7 Å². The molecule has 0 amide bonds. The lowest BCUT2D eigenvalue weighted by molar-refractivity contribution is -0.386. The van der Waals surface area contributed by atoms with Crippen LogP contribution in [0.2, 0.25) is 0 Å². The Morgan fingerprint density at radius 2 is 1.88 bits per heavy atom. The Labute approximate surface area is 136 Å². The molecule has 0 aliphatic heterocycles. The first-order valence-electron chi connectivity index (χ1n) is 6.89. The number of carboxylic acid groups (broad SMARTS) is 1. The van der Waals surface area contributed by atoms with Crippen LogP contribution >= 0.6 is 0 Å². The van der Waals surface area contributed by atoms with Gasteiger partial charge in [0.05, 0.1) is 18.0 Å². The maximum Gasteiger partial charge on any atom is 0.314 e. The highest BCUT2D eigenvalue weighted by molar-refractivity contribution is 5.76. The number of phenolic OH excluding ortho intramolecular Hbond substituents is 2. The molecule has 24 heavy (non-hydrogen) atoms. The van der Waals surface area contributed by atoms with Crippen molar-refractivity contribution in [3.63, 3.8) is 0 Å². The molecule has 3 N–H and O–H groups in total. The van der Waals surface area contributed by atoms with Gasteiger partial charge in [-0.2, -0.15) is 0 Å². The Hall–Kier alpha value is -3.29. The molecule has 0 aliphatic rings. The molecule has 0 saturated carbocycles. The Bertz CT molecular complexity index is 771. The highest BCUT2D eigenvalue weighted by Gasteiger charge is 2.25. The van der Waals surface area contributed by atoms with Crippen LogP contribution in [-0.2, 0) is 11.2 Å². The molecule has 8 heteroatoms. The highest BCUT2D eigenvalue weighted by Crippen LogP contribution is 2.38. The summed E-state index contributed by atoms with van der Waals surface area (Å²) in [7, 11) is 1.25. The fraction of sp³-hybridized carbons (Fsp3) is 0.188. The molecule has 2 aromatic carbocycles. The van der Waals surface area contributed by atoms with E-state index in [1.807, 2.05) is 0 Å². The van der Waals surface area contributed by atoms with E-state index < -0.39 is 28.2 Å². The number of aliphatic carboxylic acids is 1. The van der Waals surface area contributed by atoms with Gasteiger partial charge in [-0.1, -0.05) is 12.1 Å². The number of carbonyl (C=O) groups is 1. The molecular formula is C16H15NO7. The van der Waals surface area contributed by atoms with Crippen LogP contribution in [0.4, 0.5) is 5.69 Å². The smallest absolute Gasteiger partial charge is 0.314 e. The van der Waals surface area contributed by atoms with Gasteiger partial charge in [-0.25, -0.2) is 0 Å². The molecule has 0 aromatic heterocycles. The molecule has 0 bridgehead atoms. The van der Waals surface area contributed by atoms with Gasteiger partial charge >= 0.3 is 11.7 Å². The molecule has 1 unspecified atom stereocenters. The van der Waals surface area contributed by atoms with Crippen molar-refractivity contribution in [2.24, 2.45) is 0 Å². The fourth-order valence-corrected chi connectivity index (χ4v) is 2.35. The number of methoxy groups -OCH3 is 1. The Kier molecular flexibility index (Phi) is 4.88. The second-order valence-electron chi connectivity index (χ2n) is 5.11. The van der Waals surface area contributed by atoms with E-state index in [4.69, 9.17) is 4.74 Å². The number of nitro benzene ring substituents is 1. The van der Waals surface area contributed by atoms with E-state index in [-0.39, 0.29) is 17.9 Å². The maximum atomic E-state index is 11.6. The van der Waals surface area contributed by atoms with Gasteiger partial charge in [0, 0.05) is 6.07 Å². The summed E-state index contributed by atoms with van der Waals surface area (Å²) in [5.41, 5.74) is 0.214. The number of benzene rings is 2. The summed E-state index contributed by atoms with van der Waals surface area (Å²) in [4.78, 5) is 21.8. The Balaban J connectivity index is 2.43. The van der Waals surface area contributed by atoms with Gasteiger partial charge in [0.15, 0.2) is 5.75 Å². The molecule has 0 spiro atoms.